The van der Waals surface area contributed by atoms with Gasteiger partial charge in [-0.3, -0.25) is 4.79 Å². The lowest BCUT2D eigenvalue weighted by Crippen LogP contribution is -2.41. The third-order valence-electron chi connectivity index (χ3n) is 4.54. The highest BCUT2D eigenvalue weighted by molar-refractivity contribution is 7.10. The second kappa shape index (κ2) is 5.43. The molecule has 1 atom stereocenters. The maximum absolute atomic E-state index is 12.9. The first-order valence-corrected chi connectivity index (χ1v) is 8.32. The van der Waals surface area contributed by atoms with E-state index < -0.39 is 0 Å². The number of allylic oxidation sites excluding steroid dienone is 3. The molecule has 2 aliphatic rings. The highest BCUT2D eigenvalue weighted by Gasteiger charge is 2.33. The number of hydrogen-bond donors (Lipinski definition) is 1. The van der Waals surface area contributed by atoms with E-state index >= 15 is 0 Å². The van der Waals surface area contributed by atoms with E-state index in [-0.39, 0.29) is 17.4 Å². The van der Waals surface area contributed by atoms with E-state index in [1.165, 1.54) is 16.0 Å². The summed E-state index contributed by atoms with van der Waals surface area (Å²) in [5.74, 6) is 0.197. The largest absolute Gasteiger partial charge is 0.337 e. The number of nitrogens with one attached hydrogen (secondary N) is 1. The summed E-state index contributed by atoms with van der Waals surface area (Å²) < 4.78 is 0. The van der Waals surface area contributed by atoms with Crippen molar-refractivity contribution < 1.29 is 4.79 Å². The Morgan fingerprint density at radius 2 is 2.29 bits per heavy atom. The minimum Gasteiger partial charge on any atom is -0.337 e. The topological polar surface area (TPSA) is 32.3 Å². The average Bonchev–Trinajstić information content (AvgIpc) is 2.99. The minimum atomic E-state index is -0.194. The fourth-order valence-corrected chi connectivity index (χ4v) is 4.12. The van der Waals surface area contributed by atoms with Crippen LogP contribution in [0.1, 0.15) is 30.3 Å². The second-order valence-electron chi connectivity index (χ2n) is 6.31. The Kier molecular flexibility index (Phi) is 3.76. The van der Waals surface area contributed by atoms with E-state index in [1.54, 1.807) is 11.3 Å². The third kappa shape index (κ3) is 2.58. The highest BCUT2D eigenvalue weighted by atomic mass is 32.1. The SMILES string of the molecule is CNC1C(=O)N(CC2=CC=CC2(C)C)CCc2ccsc21. The van der Waals surface area contributed by atoms with Crippen molar-refractivity contribution in [1.29, 1.82) is 0 Å². The molecule has 3 rings (SSSR count). The standard InChI is InChI=1S/C17H22N2OS/c1-17(2)8-4-5-13(17)11-19-9-6-12-7-10-21-15(12)14(18-3)16(19)20/h4-5,7-8,10,14,18H,6,9,11H2,1-3H3. The average molecular weight is 302 g/mol. The Morgan fingerprint density at radius 1 is 1.48 bits per heavy atom. The van der Waals surface area contributed by atoms with Crippen molar-refractivity contribution in [3.8, 4) is 0 Å². The van der Waals surface area contributed by atoms with Crippen molar-refractivity contribution in [2.75, 3.05) is 20.1 Å². The normalized spacial score (nSPS) is 24.0. The van der Waals surface area contributed by atoms with Crippen molar-refractivity contribution >= 4 is 17.2 Å². The van der Waals surface area contributed by atoms with Gasteiger partial charge in [0.2, 0.25) is 5.91 Å². The Hall–Kier alpha value is -1.39. The van der Waals surface area contributed by atoms with Gasteiger partial charge in [-0.2, -0.15) is 0 Å². The molecule has 0 saturated heterocycles. The maximum atomic E-state index is 12.9. The molecule has 2 heterocycles. The number of likely N-dealkylation sites (N-methyl/N-ethyl adjacent to an activating group) is 1. The van der Waals surface area contributed by atoms with Gasteiger partial charge >= 0.3 is 0 Å². The number of hydrogen-bond acceptors (Lipinski definition) is 3. The van der Waals surface area contributed by atoms with Crippen molar-refractivity contribution in [1.82, 2.24) is 10.2 Å². The number of amides is 1. The van der Waals surface area contributed by atoms with Crippen molar-refractivity contribution in [2.24, 2.45) is 5.41 Å². The Balaban J connectivity index is 1.82. The zero-order chi connectivity index (χ0) is 15.0. The lowest BCUT2D eigenvalue weighted by atomic mass is 9.87. The van der Waals surface area contributed by atoms with Crippen LogP contribution in [0.15, 0.2) is 35.2 Å². The first-order valence-electron chi connectivity index (χ1n) is 7.44. The summed E-state index contributed by atoms with van der Waals surface area (Å²) in [7, 11) is 1.87. The van der Waals surface area contributed by atoms with Crippen molar-refractivity contribution in [3.05, 3.63) is 45.7 Å². The van der Waals surface area contributed by atoms with Gasteiger partial charge in [-0.25, -0.2) is 0 Å². The Labute approximate surface area is 130 Å². The summed E-state index contributed by atoms with van der Waals surface area (Å²) in [5.41, 5.74) is 2.69. The molecule has 112 valence electrons. The highest BCUT2D eigenvalue weighted by Crippen LogP contribution is 2.35. The van der Waals surface area contributed by atoms with E-state index in [4.69, 9.17) is 0 Å². The van der Waals surface area contributed by atoms with Gasteiger partial charge in [0.05, 0.1) is 0 Å². The van der Waals surface area contributed by atoms with Gasteiger partial charge in [-0.1, -0.05) is 32.1 Å². The van der Waals surface area contributed by atoms with Gasteiger partial charge < -0.3 is 10.2 Å². The predicted octanol–water partition coefficient (Wildman–Crippen LogP) is 2.92. The number of carbonyl (C=O) groups is 1. The fourth-order valence-electron chi connectivity index (χ4n) is 3.07. The molecular weight excluding hydrogens is 280 g/mol. The van der Waals surface area contributed by atoms with Crippen LogP contribution in [-0.2, 0) is 11.2 Å². The van der Waals surface area contributed by atoms with Gasteiger partial charge in [-0.15, -0.1) is 11.3 Å². The van der Waals surface area contributed by atoms with E-state index in [9.17, 15) is 4.79 Å². The van der Waals surface area contributed by atoms with E-state index in [1.807, 2.05) is 11.9 Å². The molecule has 0 spiro atoms. The lowest BCUT2D eigenvalue weighted by molar-refractivity contribution is -0.132. The molecule has 0 saturated carbocycles. The molecule has 1 amide bonds. The monoisotopic (exact) mass is 302 g/mol. The minimum absolute atomic E-state index is 0.0620. The third-order valence-corrected chi connectivity index (χ3v) is 5.56. The first kappa shape index (κ1) is 14.5. The first-order chi connectivity index (χ1) is 10.0. The van der Waals surface area contributed by atoms with Crippen LogP contribution in [0.25, 0.3) is 0 Å². The summed E-state index contributed by atoms with van der Waals surface area (Å²) in [6.07, 6.45) is 7.41. The number of thiophene rings is 1. The van der Waals surface area contributed by atoms with Crippen LogP contribution in [-0.4, -0.2) is 30.9 Å². The predicted molar refractivity (Wildman–Crippen MR) is 87.4 cm³/mol. The Bertz CT molecular complexity index is 612. The Morgan fingerprint density at radius 3 is 2.95 bits per heavy atom. The summed E-state index contributed by atoms with van der Waals surface area (Å²) in [4.78, 5) is 16.1. The van der Waals surface area contributed by atoms with Crippen LogP contribution < -0.4 is 5.32 Å². The molecule has 21 heavy (non-hydrogen) atoms. The van der Waals surface area contributed by atoms with Crippen molar-refractivity contribution in [3.63, 3.8) is 0 Å². The number of fused-ring (bicyclic) bond motifs is 1. The van der Waals surface area contributed by atoms with Crippen LogP contribution in [0.4, 0.5) is 0 Å². The van der Waals surface area contributed by atoms with Crippen LogP contribution in [0, 0.1) is 5.41 Å². The molecule has 1 aliphatic heterocycles. The van der Waals surface area contributed by atoms with E-state index in [0.717, 1.165) is 19.5 Å². The molecular formula is C17H22N2OS. The maximum Gasteiger partial charge on any atom is 0.245 e. The molecule has 4 heteroatoms. The van der Waals surface area contributed by atoms with E-state index in [0.29, 0.717) is 0 Å². The lowest BCUT2D eigenvalue weighted by Gasteiger charge is -2.29. The van der Waals surface area contributed by atoms with Crippen molar-refractivity contribution in [2.45, 2.75) is 26.3 Å². The molecule has 0 bridgehead atoms. The van der Waals surface area contributed by atoms with Gasteiger partial charge in [0.25, 0.3) is 0 Å². The van der Waals surface area contributed by atoms with E-state index in [2.05, 4.69) is 48.8 Å². The van der Waals surface area contributed by atoms with Crippen LogP contribution in [0.2, 0.25) is 0 Å². The molecule has 3 nitrogen and oxygen atoms in total. The molecule has 0 fully saturated rings. The molecule has 1 aromatic rings. The molecule has 1 aromatic heterocycles. The smallest absolute Gasteiger partial charge is 0.245 e. The molecule has 1 unspecified atom stereocenters. The van der Waals surface area contributed by atoms with Gasteiger partial charge in [-0.05, 0) is 36.1 Å². The quantitative estimate of drug-likeness (QED) is 0.931. The molecule has 0 radical (unpaired) electrons. The molecule has 1 N–H and O–H groups in total. The summed E-state index contributed by atoms with van der Waals surface area (Å²) in [5, 5.41) is 5.28. The van der Waals surface area contributed by atoms with Gasteiger partial charge in [0, 0.05) is 23.4 Å². The summed E-state index contributed by atoms with van der Waals surface area (Å²) >= 11 is 1.68. The molecule has 1 aliphatic carbocycles. The number of nitrogens with zero attached hydrogens (tertiary/aromatic N) is 1. The van der Waals surface area contributed by atoms with Gasteiger partial charge in [0.15, 0.2) is 0 Å². The summed E-state index contributed by atoms with van der Waals surface area (Å²) in [6.45, 7) is 5.94. The zero-order valence-corrected chi connectivity index (χ0v) is 13.7. The zero-order valence-electron chi connectivity index (χ0n) is 12.8. The second-order valence-corrected chi connectivity index (χ2v) is 7.26. The molecule has 0 aromatic carbocycles. The van der Waals surface area contributed by atoms with Gasteiger partial charge in [0.1, 0.15) is 6.04 Å². The number of rotatable bonds is 3. The van der Waals surface area contributed by atoms with Crippen LogP contribution in [0.3, 0.4) is 0 Å². The van der Waals surface area contributed by atoms with Crippen LogP contribution >= 0.6 is 11.3 Å². The van der Waals surface area contributed by atoms with Crippen LogP contribution in [0.5, 0.6) is 0 Å². The summed E-state index contributed by atoms with van der Waals surface area (Å²) in [6, 6.07) is 1.96. The fraction of sp³-hybridized carbons (Fsp3) is 0.471. The number of carbonyl (C=O) groups excluding carboxylic acids is 1.